The molecule has 1 aliphatic rings. The monoisotopic (exact) mass is 322 g/mol. The van der Waals surface area contributed by atoms with Crippen LogP contribution in [-0.4, -0.2) is 29.4 Å². The number of hydrogen-bond donors (Lipinski definition) is 1. The molecule has 1 amide bonds. The number of hydrogen-bond acceptors (Lipinski definition) is 2. The van der Waals surface area contributed by atoms with Crippen LogP contribution in [0.15, 0.2) is 54.6 Å². The predicted molar refractivity (Wildman–Crippen MR) is 98.6 cm³/mol. The van der Waals surface area contributed by atoms with E-state index in [2.05, 4.69) is 48.5 Å². The first-order valence-electron chi connectivity index (χ1n) is 8.88. The molecule has 0 aromatic heterocycles. The van der Waals surface area contributed by atoms with Gasteiger partial charge in [0.25, 0.3) is 0 Å². The Bertz CT molecular complexity index is 683. The van der Waals surface area contributed by atoms with Gasteiger partial charge in [0.2, 0.25) is 5.91 Å². The second-order valence-electron chi connectivity index (χ2n) is 6.63. The molecule has 24 heavy (non-hydrogen) atoms. The van der Waals surface area contributed by atoms with E-state index in [0.29, 0.717) is 6.42 Å². The maximum absolute atomic E-state index is 12.4. The van der Waals surface area contributed by atoms with E-state index in [-0.39, 0.29) is 18.0 Å². The highest BCUT2D eigenvalue weighted by Gasteiger charge is 2.34. The molecule has 1 saturated heterocycles. The molecule has 2 N–H and O–H groups in total. The van der Waals surface area contributed by atoms with Gasteiger partial charge in [-0.25, -0.2) is 0 Å². The molecule has 1 fully saturated rings. The van der Waals surface area contributed by atoms with Crippen molar-refractivity contribution in [3.63, 3.8) is 0 Å². The SMILES string of the molecule is CCCC(=O)N1CCC(N)C1Cc1cccc(-c2ccccc2)c1. The topological polar surface area (TPSA) is 46.3 Å². The minimum Gasteiger partial charge on any atom is -0.338 e. The van der Waals surface area contributed by atoms with E-state index in [9.17, 15) is 4.79 Å². The number of nitrogens with two attached hydrogens (primary N) is 1. The summed E-state index contributed by atoms with van der Waals surface area (Å²) in [4.78, 5) is 14.4. The molecule has 0 aliphatic carbocycles. The molecule has 0 bridgehead atoms. The van der Waals surface area contributed by atoms with Crippen molar-refractivity contribution in [1.82, 2.24) is 4.90 Å². The van der Waals surface area contributed by atoms with Crippen LogP contribution in [0.3, 0.4) is 0 Å². The molecular formula is C21H26N2O. The molecule has 2 aromatic rings. The van der Waals surface area contributed by atoms with Gasteiger partial charge in [-0.05, 0) is 36.0 Å². The van der Waals surface area contributed by atoms with Crippen LogP contribution in [-0.2, 0) is 11.2 Å². The maximum Gasteiger partial charge on any atom is 0.222 e. The fraction of sp³-hybridized carbons (Fsp3) is 0.381. The van der Waals surface area contributed by atoms with Crippen LogP contribution in [0.4, 0.5) is 0 Å². The Kier molecular flexibility index (Phi) is 5.31. The minimum absolute atomic E-state index is 0.0752. The van der Waals surface area contributed by atoms with Crippen LogP contribution in [0, 0.1) is 0 Å². The highest BCUT2D eigenvalue weighted by molar-refractivity contribution is 5.77. The number of nitrogens with zero attached hydrogens (tertiary/aromatic N) is 1. The average molecular weight is 322 g/mol. The van der Waals surface area contributed by atoms with Gasteiger partial charge in [-0.3, -0.25) is 4.79 Å². The normalized spacial score (nSPS) is 20.3. The summed E-state index contributed by atoms with van der Waals surface area (Å²) in [7, 11) is 0. The van der Waals surface area contributed by atoms with Crippen LogP contribution in [0.5, 0.6) is 0 Å². The van der Waals surface area contributed by atoms with Gasteiger partial charge < -0.3 is 10.6 Å². The van der Waals surface area contributed by atoms with Crippen molar-refractivity contribution in [3.05, 3.63) is 60.2 Å². The first-order chi connectivity index (χ1) is 11.7. The molecule has 3 heteroatoms. The number of carbonyl (C=O) groups is 1. The third-order valence-corrected chi connectivity index (χ3v) is 4.86. The second kappa shape index (κ2) is 7.63. The predicted octanol–water partition coefficient (Wildman–Crippen LogP) is 3.62. The summed E-state index contributed by atoms with van der Waals surface area (Å²) < 4.78 is 0. The van der Waals surface area contributed by atoms with Gasteiger partial charge in [-0.1, -0.05) is 61.5 Å². The number of likely N-dealkylation sites (tertiary alicyclic amines) is 1. The van der Waals surface area contributed by atoms with Crippen LogP contribution in [0.1, 0.15) is 31.7 Å². The largest absolute Gasteiger partial charge is 0.338 e. The van der Waals surface area contributed by atoms with E-state index in [1.807, 2.05) is 17.9 Å². The molecule has 2 atom stereocenters. The van der Waals surface area contributed by atoms with Gasteiger partial charge in [-0.15, -0.1) is 0 Å². The van der Waals surface area contributed by atoms with E-state index in [1.54, 1.807) is 0 Å². The van der Waals surface area contributed by atoms with Crippen LogP contribution in [0.2, 0.25) is 0 Å². The molecule has 0 radical (unpaired) electrons. The molecule has 2 unspecified atom stereocenters. The van der Waals surface area contributed by atoms with E-state index >= 15 is 0 Å². The Hall–Kier alpha value is -2.13. The lowest BCUT2D eigenvalue weighted by Gasteiger charge is -2.27. The van der Waals surface area contributed by atoms with Crippen molar-refractivity contribution in [3.8, 4) is 11.1 Å². The smallest absolute Gasteiger partial charge is 0.222 e. The molecule has 3 nitrogen and oxygen atoms in total. The van der Waals surface area contributed by atoms with E-state index < -0.39 is 0 Å². The average Bonchev–Trinajstić information content (AvgIpc) is 2.97. The molecule has 2 aromatic carbocycles. The van der Waals surface area contributed by atoms with Crippen LogP contribution in [0.25, 0.3) is 11.1 Å². The molecule has 3 rings (SSSR count). The van der Waals surface area contributed by atoms with Crippen molar-refractivity contribution in [2.45, 2.75) is 44.7 Å². The van der Waals surface area contributed by atoms with Crippen molar-refractivity contribution < 1.29 is 4.79 Å². The van der Waals surface area contributed by atoms with Crippen LogP contribution < -0.4 is 5.73 Å². The Morgan fingerprint density at radius 2 is 1.88 bits per heavy atom. The van der Waals surface area contributed by atoms with Crippen molar-refractivity contribution >= 4 is 5.91 Å². The number of benzene rings is 2. The summed E-state index contributed by atoms with van der Waals surface area (Å²) in [6.07, 6.45) is 3.24. The number of rotatable bonds is 5. The molecular weight excluding hydrogens is 296 g/mol. The van der Waals surface area contributed by atoms with Crippen molar-refractivity contribution in [2.24, 2.45) is 5.73 Å². The van der Waals surface area contributed by atoms with Gasteiger partial charge >= 0.3 is 0 Å². The Morgan fingerprint density at radius 1 is 1.12 bits per heavy atom. The lowest BCUT2D eigenvalue weighted by molar-refractivity contribution is -0.132. The van der Waals surface area contributed by atoms with Gasteiger partial charge in [0, 0.05) is 19.0 Å². The zero-order valence-corrected chi connectivity index (χ0v) is 14.3. The third kappa shape index (κ3) is 3.68. The maximum atomic E-state index is 12.4. The first kappa shape index (κ1) is 16.7. The summed E-state index contributed by atoms with van der Waals surface area (Å²) in [5.74, 6) is 0.245. The number of amides is 1. The molecule has 126 valence electrons. The first-order valence-corrected chi connectivity index (χ1v) is 8.88. The second-order valence-corrected chi connectivity index (χ2v) is 6.63. The van der Waals surface area contributed by atoms with E-state index in [4.69, 9.17) is 5.73 Å². The van der Waals surface area contributed by atoms with Crippen LogP contribution >= 0.6 is 0 Å². The molecule has 0 saturated carbocycles. The zero-order valence-electron chi connectivity index (χ0n) is 14.3. The lowest BCUT2D eigenvalue weighted by atomic mass is 9.97. The van der Waals surface area contributed by atoms with Gasteiger partial charge in [0.1, 0.15) is 0 Å². The Balaban J connectivity index is 1.78. The van der Waals surface area contributed by atoms with Gasteiger partial charge in [0.05, 0.1) is 6.04 Å². The van der Waals surface area contributed by atoms with Gasteiger partial charge in [0.15, 0.2) is 0 Å². The summed E-state index contributed by atoms with van der Waals surface area (Å²) in [6, 6.07) is 19.2. The summed E-state index contributed by atoms with van der Waals surface area (Å²) in [5.41, 5.74) is 9.98. The lowest BCUT2D eigenvalue weighted by Crippen LogP contribution is -2.44. The molecule has 0 spiro atoms. The number of carbonyl (C=O) groups excluding carboxylic acids is 1. The van der Waals surface area contributed by atoms with E-state index in [1.165, 1.54) is 16.7 Å². The Labute approximate surface area is 144 Å². The fourth-order valence-corrected chi connectivity index (χ4v) is 3.56. The van der Waals surface area contributed by atoms with Crippen molar-refractivity contribution in [1.29, 1.82) is 0 Å². The molecule has 1 aliphatic heterocycles. The summed E-state index contributed by atoms with van der Waals surface area (Å²) in [5, 5.41) is 0. The highest BCUT2D eigenvalue weighted by Crippen LogP contribution is 2.25. The quantitative estimate of drug-likeness (QED) is 0.914. The highest BCUT2D eigenvalue weighted by atomic mass is 16.2. The third-order valence-electron chi connectivity index (χ3n) is 4.86. The Morgan fingerprint density at radius 3 is 2.62 bits per heavy atom. The fourth-order valence-electron chi connectivity index (χ4n) is 3.56. The zero-order chi connectivity index (χ0) is 16.9. The standard InChI is InChI=1S/C21H26N2O/c1-2-7-21(24)23-13-12-19(22)20(23)15-16-8-6-11-18(14-16)17-9-4-3-5-10-17/h3-6,8-11,14,19-20H,2,7,12-13,15,22H2,1H3. The van der Waals surface area contributed by atoms with Gasteiger partial charge in [-0.2, -0.15) is 0 Å². The summed E-state index contributed by atoms with van der Waals surface area (Å²) >= 11 is 0. The van der Waals surface area contributed by atoms with Crippen molar-refractivity contribution in [2.75, 3.05) is 6.54 Å². The van der Waals surface area contributed by atoms with E-state index in [0.717, 1.165) is 25.8 Å². The minimum atomic E-state index is 0.0752. The summed E-state index contributed by atoms with van der Waals surface area (Å²) in [6.45, 7) is 2.84. The molecule has 1 heterocycles.